The fourth-order valence-electron chi connectivity index (χ4n) is 0.826. The van der Waals surface area contributed by atoms with Gasteiger partial charge in [-0.25, -0.2) is 0 Å². The van der Waals surface area contributed by atoms with E-state index in [1.54, 1.807) is 0 Å². The topological polar surface area (TPSA) is 53.1 Å². The molecule has 3 nitrogen and oxygen atoms in total. The van der Waals surface area contributed by atoms with E-state index in [1.165, 1.54) is 12.3 Å². The molecule has 0 aromatic carbocycles. The van der Waals surface area contributed by atoms with Gasteiger partial charge in [0, 0.05) is 6.20 Å². The number of aromatic nitrogens is 1. The van der Waals surface area contributed by atoms with Gasteiger partial charge >= 0.3 is 6.18 Å². The van der Waals surface area contributed by atoms with Gasteiger partial charge in [0.1, 0.15) is 0 Å². The predicted molar refractivity (Wildman–Crippen MR) is 38.1 cm³/mol. The van der Waals surface area contributed by atoms with E-state index in [4.69, 9.17) is 5.11 Å². The first kappa shape index (κ1) is 9.79. The number of aliphatic hydroxyl groups excluding tert-OH is 1. The summed E-state index contributed by atoms with van der Waals surface area (Å²) in [6, 6.07) is 2.14. The van der Waals surface area contributed by atoms with Gasteiger partial charge in [-0.15, -0.1) is 0 Å². The number of nitrogens with one attached hydrogen (secondary N) is 1. The Labute approximate surface area is 70.8 Å². The summed E-state index contributed by atoms with van der Waals surface area (Å²) < 4.78 is 35.7. The molecule has 13 heavy (non-hydrogen) atoms. The van der Waals surface area contributed by atoms with Crippen LogP contribution in [-0.4, -0.2) is 16.3 Å². The minimum Gasteiger partial charge on any atom is -0.379 e. The van der Waals surface area contributed by atoms with E-state index < -0.39 is 23.4 Å². The van der Waals surface area contributed by atoms with Crippen molar-refractivity contribution in [1.82, 2.24) is 4.98 Å². The largest absolute Gasteiger partial charge is 0.418 e. The SMILES string of the molecule is O=c1[nH]cccc1C(O)C(F)(F)F. The van der Waals surface area contributed by atoms with Crippen LogP contribution in [0.5, 0.6) is 0 Å². The molecule has 1 aromatic heterocycles. The Morgan fingerprint density at radius 3 is 2.54 bits per heavy atom. The number of hydrogen-bond acceptors (Lipinski definition) is 2. The van der Waals surface area contributed by atoms with Gasteiger partial charge in [0.2, 0.25) is 0 Å². The molecule has 0 spiro atoms. The Balaban J connectivity index is 3.10. The molecule has 1 atom stereocenters. The van der Waals surface area contributed by atoms with Crippen molar-refractivity contribution in [1.29, 1.82) is 0 Å². The van der Waals surface area contributed by atoms with Crippen LogP contribution in [0.2, 0.25) is 0 Å². The van der Waals surface area contributed by atoms with E-state index in [2.05, 4.69) is 0 Å². The zero-order valence-corrected chi connectivity index (χ0v) is 6.30. The monoisotopic (exact) mass is 193 g/mol. The highest BCUT2D eigenvalue weighted by Crippen LogP contribution is 2.30. The zero-order valence-electron chi connectivity index (χ0n) is 6.30. The smallest absolute Gasteiger partial charge is 0.379 e. The summed E-state index contributed by atoms with van der Waals surface area (Å²) in [7, 11) is 0. The summed E-state index contributed by atoms with van der Waals surface area (Å²) in [5, 5.41) is 8.69. The van der Waals surface area contributed by atoms with E-state index in [0.717, 1.165) is 6.07 Å². The minimum atomic E-state index is -4.81. The van der Waals surface area contributed by atoms with Crippen molar-refractivity contribution < 1.29 is 18.3 Å². The van der Waals surface area contributed by atoms with Gasteiger partial charge in [0.15, 0.2) is 6.10 Å². The summed E-state index contributed by atoms with van der Waals surface area (Å²) in [4.78, 5) is 12.8. The number of hydrogen-bond donors (Lipinski definition) is 2. The molecule has 6 heteroatoms. The highest BCUT2D eigenvalue weighted by Gasteiger charge is 2.40. The van der Waals surface area contributed by atoms with Gasteiger partial charge in [-0.1, -0.05) is 0 Å². The molecular formula is C7H6F3NO2. The van der Waals surface area contributed by atoms with Crippen LogP contribution in [0.25, 0.3) is 0 Å². The van der Waals surface area contributed by atoms with E-state index in [0.29, 0.717) is 0 Å². The third-order valence-electron chi connectivity index (χ3n) is 1.45. The number of pyridine rings is 1. The lowest BCUT2D eigenvalue weighted by Crippen LogP contribution is -2.26. The number of aromatic amines is 1. The van der Waals surface area contributed by atoms with Crippen LogP contribution in [-0.2, 0) is 0 Å². The minimum absolute atomic E-state index is 0.699. The molecular weight excluding hydrogens is 187 g/mol. The predicted octanol–water partition coefficient (Wildman–Crippen LogP) is 0.971. The Hall–Kier alpha value is -1.30. The summed E-state index contributed by atoms with van der Waals surface area (Å²) in [6.07, 6.45) is -6.35. The zero-order chi connectivity index (χ0) is 10.1. The molecule has 72 valence electrons. The van der Waals surface area contributed by atoms with Crippen molar-refractivity contribution in [2.75, 3.05) is 0 Å². The number of aliphatic hydroxyl groups is 1. The van der Waals surface area contributed by atoms with Crippen LogP contribution in [0.3, 0.4) is 0 Å². The molecule has 0 saturated heterocycles. The van der Waals surface area contributed by atoms with Crippen LogP contribution in [0, 0.1) is 0 Å². The van der Waals surface area contributed by atoms with Crippen molar-refractivity contribution in [3.63, 3.8) is 0 Å². The molecule has 0 saturated carbocycles. The molecule has 0 aliphatic carbocycles. The fourth-order valence-corrected chi connectivity index (χ4v) is 0.826. The van der Waals surface area contributed by atoms with Crippen LogP contribution >= 0.6 is 0 Å². The average Bonchev–Trinajstić information content (AvgIpc) is 2.02. The molecule has 1 heterocycles. The highest BCUT2D eigenvalue weighted by atomic mass is 19.4. The lowest BCUT2D eigenvalue weighted by atomic mass is 10.1. The molecule has 1 aromatic rings. The van der Waals surface area contributed by atoms with Crippen molar-refractivity contribution in [2.45, 2.75) is 12.3 Å². The Morgan fingerprint density at radius 1 is 1.46 bits per heavy atom. The average molecular weight is 193 g/mol. The van der Waals surface area contributed by atoms with Gasteiger partial charge in [0.05, 0.1) is 5.56 Å². The molecule has 0 amide bonds. The summed E-state index contributed by atoms with van der Waals surface area (Å²) in [6.45, 7) is 0. The second-order valence-corrected chi connectivity index (χ2v) is 2.40. The van der Waals surface area contributed by atoms with Crippen LogP contribution in [0.1, 0.15) is 11.7 Å². The third kappa shape index (κ3) is 2.09. The Bertz CT molecular complexity index is 344. The van der Waals surface area contributed by atoms with E-state index in [9.17, 15) is 18.0 Å². The maximum Gasteiger partial charge on any atom is 0.418 e. The lowest BCUT2D eigenvalue weighted by molar-refractivity contribution is -0.207. The summed E-state index contributed by atoms with van der Waals surface area (Å²) in [5.41, 5.74) is -1.64. The van der Waals surface area contributed by atoms with Crippen LogP contribution in [0.4, 0.5) is 13.2 Å². The van der Waals surface area contributed by atoms with Crippen LogP contribution < -0.4 is 5.56 Å². The molecule has 1 unspecified atom stereocenters. The van der Waals surface area contributed by atoms with E-state index >= 15 is 0 Å². The molecule has 0 bridgehead atoms. The quantitative estimate of drug-likeness (QED) is 0.698. The molecule has 0 radical (unpaired) electrons. The van der Waals surface area contributed by atoms with Gasteiger partial charge in [-0.3, -0.25) is 4.79 Å². The second kappa shape index (κ2) is 3.21. The standard InChI is InChI=1S/C7H6F3NO2/c8-7(9,10)5(12)4-2-1-3-11-6(4)13/h1-3,5,12H,(H,11,13). The lowest BCUT2D eigenvalue weighted by Gasteiger charge is -2.13. The second-order valence-electron chi connectivity index (χ2n) is 2.40. The third-order valence-corrected chi connectivity index (χ3v) is 1.45. The van der Waals surface area contributed by atoms with Gasteiger partial charge in [-0.05, 0) is 12.1 Å². The van der Waals surface area contributed by atoms with Crippen molar-refractivity contribution in [2.24, 2.45) is 0 Å². The Morgan fingerprint density at radius 2 is 2.08 bits per heavy atom. The number of alkyl halides is 3. The van der Waals surface area contributed by atoms with Crippen LogP contribution in [0.15, 0.2) is 23.1 Å². The molecule has 2 N–H and O–H groups in total. The summed E-state index contributed by atoms with van der Waals surface area (Å²) in [5.74, 6) is 0. The van der Waals surface area contributed by atoms with Crippen molar-refractivity contribution >= 4 is 0 Å². The molecule has 1 rings (SSSR count). The summed E-state index contributed by atoms with van der Waals surface area (Å²) >= 11 is 0. The number of halogens is 3. The molecule has 0 aliphatic heterocycles. The maximum atomic E-state index is 11.9. The maximum absolute atomic E-state index is 11.9. The normalized spacial score (nSPS) is 14.2. The number of rotatable bonds is 1. The van der Waals surface area contributed by atoms with Gasteiger partial charge < -0.3 is 10.1 Å². The first-order valence-electron chi connectivity index (χ1n) is 3.35. The van der Waals surface area contributed by atoms with Gasteiger partial charge in [0.25, 0.3) is 5.56 Å². The first-order valence-corrected chi connectivity index (χ1v) is 3.35. The Kier molecular flexibility index (Phi) is 2.42. The highest BCUT2D eigenvalue weighted by molar-refractivity contribution is 5.13. The number of H-pyrrole nitrogens is 1. The van der Waals surface area contributed by atoms with Gasteiger partial charge in [-0.2, -0.15) is 13.2 Å². The van der Waals surface area contributed by atoms with E-state index in [1.807, 2.05) is 4.98 Å². The van der Waals surface area contributed by atoms with Crippen molar-refractivity contribution in [3.8, 4) is 0 Å². The van der Waals surface area contributed by atoms with Crippen molar-refractivity contribution in [3.05, 3.63) is 34.2 Å². The first-order chi connectivity index (χ1) is 5.93. The molecule has 0 aliphatic rings. The van der Waals surface area contributed by atoms with E-state index in [-0.39, 0.29) is 0 Å². The molecule has 0 fully saturated rings. The fraction of sp³-hybridized carbons (Fsp3) is 0.286.